The van der Waals surface area contributed by atoms with Crippen molar-refractivity contribution in [3.05, 3.63) is 27.3 Å². The second-order valence-corrected chi connectivity index (χ2v) is 5.88. The molecule has 0 aromatic heterocycles. The first kappa shape index (κ1) is 12.9. The Morgan fingerprint density at radius 1 is 1.44 bits per heavy atom. The lowest BCUT2D eigenvalue weighted by Crippen LogP contribution is -2.28. The van der Waals surface area contributed by atoms with Crippen molar-refractivity contribution in [2.45, 2.75) is 11.8 Å². The Kier molecular flexibility index (Phi) is 3.88. The summed E-state index contributed by atoms with van der Waals surface area (Å²) in [6.45, 7) is 1.11. The third-order valence-corrected chi connectivity index (χ3v) is 3.62. The van der Waals surface area contributed by atoms with Gasteiger partial charge in [-0.1, -0.05) is 0 Å². The van der Waals surface area contributed by atoms with Crippen LogP contribution in [0.25, 0.3) is 0 Å². The number of nitrogens with zero attached hydrogens (tertiary/aromatic N) is 1. The summed E-state index contributed by atoms with van der Waals surface area (Å²) in [5, 5.41) is 8.70. The molecule has 7 heteroatoms. The van der Waals surface area contributed by atoms with Gasteiger partial charge in [0, 0.05) is 10.5 Å². The Morgan fingerprint density at radius 2 is 2.06 bits per heavy atom. The Morgan fingerprint density at radius 3 is 2.56 bits per heavy atom. The van der Waals surface area contributed by atoms with E-state index >= 15 is 0 Å². The first-order valence-electron chi connectivity index (χ1n) is 4.09. The van der Waals surface area contributed by atoms with E-state index in [0.29, 0.717) is 3.57 Å². The number of halogens is 1. The van der Waals surface area contributed by atoms with Crippen molar-refractivity contribution in [1.29, 1.82) is 5.26 Å². The number of amides is 1. The number of sulfonamides is 1. The molecule has 0 heterocycles. The molecule has 1 rings (SSSR count). The first-order valence-corrected chi connectivity index (χ1v) is 6.65. The molecule has 0 fully saturated rings. The van der Waals surface area contributed by atoms with Gasteiger partial charge in [-0.25, -0.2) is 13.1 Å². The monoisotopic (exact) mass is 350 g/mol. The van der Waals surface area contributed by atoms with E-state index in [-0.39, 0.29) is 10.5 Å². The summed E-state index contributed by atoms with van der Waals surface area (Å²) < 4.78 is 25.7. The highest BCUT2D eigenvalue weighted by Gasteiger charge is 2.16. The lowest BCUT2D eigenvalue weighted by molar-refractivity contribution is -0.117. The minimum Gasteiger partial charge on any atom is -0.274 e. The molecule has 0 aliphatic carbocycles. The highest BCUT2D eigenvalue weighted by atomic mass is 127. The average molecular weight is 350 g/mol. The van der Waals surface area contributed by atoms with Gasteiger partial charge in [0.2, 0.25) is 5.91 Å². The van der Waals surface area contributed by atoms with Crippen LogP contribution in [-0.4, -0.2) is 14.3 Å². The first-order chi connectivity index (χ1) is 7.35. The SMILES string of the molecule is CC(=O)NS(=O)(=O)c1cc(I)cc(C#N)c1. The van der Waals surface area contributed by atoms with Gasteiger partial charge in [0.25, 0.3) is 10.0 Å². The van der Waals surface area contributed by atoms with E-state index in [2.05, 4.69) is 0 Å². The number of nitriles is 1. The van der Waals surface area contributed by atoms with Crippen LogP contribution in [0.15, 0.2) is 23.1 Å². The maximum absolute atomic E-state index is 11.6. The van der Waals surface area contributed by atoms with Crippen LogP contribution in [0.2, 0.25) is 0 Å². The fourth-order valence-electron chi connectivity index (χ4n) is 1.03. The van der Waals surface area contributed by atoms with E-state index in [1.165, 1.54) is 12.1 Å². The number of carbonyl (C=O) groups is 1. The zero-order valence-corrected chi connectivity index (χ0v) is 11.2. The standard InChI is InChI=1S/C9H7IN2O3S/c1-6(13)12-16(14,15)9-3-7(5-11)2-8(10)4-9/h2-4H,1H3,(H,12,13). The summed E-state index contributed by atoms with van der Waals surface area (Å²) in [7, 11) is -3.87. The van der Waals surface area contributed by atoms with Crippen molar-refractivity contribution in [2.24, 2.45) is 0 Å². The molecule has 1 amide bonds. The number of nitrogens with one attached hydrogen (secondary N) is 1. The third kappa shape index (κ3) is 3.18. The molecule has 1 N–H and O–H groups in total. The molecule has 1 aromatic rings. The van der Waals surface area contributed by atoms with Gasteiger partial charge in [0.05, 0.1) is 16.5 Å². The van der Waals surface area contributed by atoms with Gasteiger partial charge in [-0.15, -0.1) is 0 Å². The summed E-state index contributed by atoms with van der Waals surface area (Å²) in [5.41, 5.74) is 0.232. The minimum absolute atomic E-state index is 0.0915. The van der Waals surface area contributed by atoms with E-state index in [1.807, 2.05) is 33.4 Å². The fourth-order valence-corrected chi connectivity index (χ4v) is 2.97. The number of rotatable bonds is 2. The van der Waals surface area contributed by atoms with Gasteiger partial charge in [-0.3, -0.25) is 4.79 Å². The van der Waals surface area contributed by atoms with Crippen LogP contribution >= 0.6 is 22.6 Å². The summed E-state index contributed by atoms with van der Waals surface area (Å²) >= 11 is 1.90. The third-order valence-electron chi connectivity index (χ3n) is 1.59. The summed E-state index contributed by atoms with van der Waals surface area (Å²) in [4.78, 5) is 10.6. The van der Waals surface area contributed by atoms with E-state index < -0.39 is 15.9 Å². The molecule has 16 heavy (non-hydrogen) atoms. The van der Waals surface area contributed by atoms with Crippen LogP contribution in [-0.2, 0) is 14.8 Å². The Labute approximate surface area is 107 Å². The highest BCUT2D eigenvalue weighted by Crippen LogP contribution is 2.16. The normalized spacial score (nSPS) is 10.6. The van der Waals surface area contributed by atoms with Crippen LogP contribution in [0.4, 0.5) is 0 Å². The molecule has 0 radical (unpaired) electrons. The van der Waals surface area contributed by atoms with Gasteiger partial charge >= 0.3 is 0 Å². The summed E-state index contributed by atoms with van der Waals surface area (Å²) in [6.07, 6.45) is 0. The summed E-state index contributed by atoms with van der Waals surface area (Å²) in [6, 6.07) is 6.00. The molecule has 0 spiro atoms. The Hall–Kier alpha value is -1.14. The zero-order valence-electron chi connectivity index (χ0n) is 8.19. The Balaban J connectivity index is 3.29. The number of benzene rings is 1. The van der Waals surface area contributed by atoms with Crippen LogP contribution in [0.3, 0.4) is 0 Å². The fraction of sp³-hybridized carbons (Fsp3) is 0.111. The second-order valence-electron chi connectivity index (χ2n) is 2.95. The Bertz CT molecular complexity index is 575. The maximum Gasteiger partial charge on any atom is 0.264 e. The van der Waals surface area contributed by atoms with Crippen molar-refractivity contribution in [1.82, 2.24) is 4.72 Å². The van der Waals surface area contributed by atoms with Gasteiger partial charge < -0.3 is 0 Å². The largest absolute Gasteiger partial charge is 0.274 e. The molecule has 5 nitrogen and oxygen atoms in total. The molecule has 0 atom stereocenters. The molecule has 0 aliphatic heterocycles. The number of carbonyl (C=O) groups excluding carboxylic acids is 1. The predicted molar refractivity (Wildman–Crippen MR) is 64.9 cm³/mol. The summed E-state index contributed by atoms with van der Waals surface area (Å²) in [5.74, 6) is -0.669. The van der Waals surface area contributed by atoms with Crippen LogP contribution in [0.1, 0.15) is 12.5 Å². The maximum atomic E-state index is 11.6. The van der Waals surface area contributed by atoms with Crippen molar-refractivity contribution in [3.8, 4) is 6.07 Å². The van der Waals surface area contributed by atoms with Gasteiger partial charge in [-0.05, 0) is 40.8 Å². The molecular weight excluding hydrogens is 343 g/mol. The van der Waals surface area contributed by atoms with Crippen LogP contribution in [0, 0.1) is 14.9 Å². The number of hydrogen-bond donors (Lipinski definition) is 1. The molecule has 0 unspecified atom stereocenters. The second kappa shape index (κ2) is 4.80. The highest BCUT2D eigenvalue weighted by molar-refractivity contribution is 14.1. The molecule has 1 aromatic carbocycles. The van der Waals surface area contributed by atoms with Gasteiger partial charge in [-0.2, -0.15) is 5.26 Å². The molecule has 0 saturated heterocycles. The predicted octanol–water partition coefficient (Wildman–Crippen LogP) is 0.988. The topological polar surface area (TPSA) is 87.0 Å². The lowest BCUT2D eigenvalue weighted by Gasteiger charge is -2.05. The molecule has 84 valence electrons. The van der Waals surface area contributed by atoms with Crippen LogP contribution < -0.4 is 4.72 Å². The van der Waals surface area contributed by atoms with Crippen molar-refractivity contribution < 1.29 is 13.2 Å². The lowest BCUT2D eigenvalue weighted by atomic mass is 10.2. The van der Waals surface area contributed by atoms with E-state index in [0.717, 1.165) is 6.92 Å². The van der Waals surface area contributed by atoms with Crippen LogP contribution in [0.5, 0.6) is 0 Å². The molecule has 0 bridgehead atoms. The number of hydrogen-bond acceptors (Lipinski definition) is 4. The van der Waals surface area contributed by atoms with Crippen molar-refractivity contribution in [3.63, 3.8) is 0 Å². The molecule has 0 saturated carbocycles. The average Bonchev–Trinajstić information content (AvgIpc) is 2.14. The van der Waals surface area contributed by atoms with E-state index in [1.54, 1.807) is 6.07 Å². The van der Waals surface area contributed by atoms with Gasteiger partial charge in [0.15, 0.2) is 0 Å². The van der Waals surface area contributed by atoms with E-state index in [9.17, 15) is 13.2 Å². The van der Waals surface area contributed by atoms with E-state index in [4.69, 9.17) is 5.26 Å². The van der Waals surface area contributed by atoms with Gasteiger partial charge in [0.1, 0.15) is 0 Å². The zero-order chi connectivity index (χ0) is 12.3. The molecular formula is C9H7IN2O3S. The minimum atomic E-state index is -3.87. The molecule has 0 aliphatic rings. The smallest absolute Gasteiger partial charge is 0.264 e. The van der Waals surface area contributed by atoms with Crippen molar-refractivity contribution >= 4 is 38.5 Å². The quantitative estimate of drug-likeness (QED) is 0.806. The van der Waals surface area contributed by atoms with Crippen molar-refractivity contribution in [2.75, 3.05) is 0 Å².